The third-order valence-electron chi connectivity index (χ3n) is 3.66. The lowest BCUT2D eigenvalue weighted by atomic mass is 10.3. The molecule has 1 unspecified atom stereocenters. The van der Waals surface area contributed by atoms with Crippen LogP contribution in [-0.2, 0) is 16.1 Å². The fourth-order valence-corrected chi connectivity index (χ4v) is 2.56. The topological polar surface area (TPSA) is 105 Å². The van der Waals surface area contributed by atoms with Crippen LogP contribution in [0.15, 0.2) is 36.9 Å². The molecule has 8 nitrogen and oxygen atoms in total. The van der Waals surface area contributed by atoms with E-state index in [2.05, 4.69) is 15.0 Å². The molecule has 0 bridgehead atoms. The zero-order valence-corrected chi connectivity index (χ0v) is 14.9. The number of nitrogens with two attached hydrogens (primary N) is 1. The van der Waals surface area contributed by atoms with Crippen molar-refractivity contribution in [1.29, 1.82) is 0 Å². The van der Waals surface area contributed by atoms with Crippen LogP contribution in [-0.4, -0.2) is 38.2 Å². The molecule has 9 heteroatoms. The lowest BCUT2D eigenvalue weighted by Crippen LogP contribution is -2.26. The molecule has 1 aromatic carbocycles. The lowest BCUT2D eigenvalue weighted by Gasteiger charge is -2.14. The lowest BCUT2D eigenvalue weighted by molar-refractivity contribution is -0.151. The Morgan fingerprint density at radius 3 is 3.00 bits per heavy atom. The minimum atomic E-state index is -0.727. The van der Waals surface area contributed by atoms with Gasteiger partial charge in [0.1, 0.15) is 17.6 Å². The first-order valence-corrected chi connectivity index (χ1v) is 8.42. The highest BCUT2D eigenvalue weighted by Gasteiger charge is 2.16. The molecule has 0 aliphatic rings. The number of nitrogens with zero attached hydrogens (tertiary/aromatic N) is 4. The zero-order chi connectivity index (χ0) is 18.5. The maximum Gasteiger partial charge on any atom is 0.347 e. The molecular weight excluding hydrogens is 358 g/mol. The number of aryl methyl sites for hydroxylation is 1. The van der Waals surface area contributed by atoms with Crippen molar-refractivity contribution in [2.45, 2.75) is 26.0 Å². The number of hydrogen-bond acceptors (Lipinski definition) is 7. The first kappa shape index (κ1) is 17.9. The monoisotopic (exact) mass is 375 g/mol. The Balaban J connectivity index is 1.46. The Bertz CT molecular complexity index is 914. The molecule has 0 amide bonds. The van der Waals surface area contributed by atoms with E-state index < -0.39 is 12.1 Å². The van der Waals surface area contributed by atoms with Gasteiger partial charge in [-0.3, -0.25) is 0 Å². The summed E-state index contributed by atoms with van der Waals surface area (Å²) in [5.41, 5.74) is 6.97. The van der Waals surface area contributed by atoms with Crippen LogP contribution >= 0.6 is 11.6 Å². The van der Waals surface area contributed by atoms with Gasteiger partial charge >= 0.3 is 5.97 Å². The van der Waals surface area contributed by atoms with Crippen molar-refractivity contribution in [3.8, 4) is 5.75 Å². The molecule has 136 valence electrons. The highest BCUT2D eigenvalue weighted by Crippen LogP contribution is 2.18. The number of imidazole rings is 1. The zero-order valence-electron chi connectivity index (χ0n) is 14.1. The number of benzene rings is 1. The van der Waals surface area contributed by atoms with E-state index in [0.29, 0.717) is 40.7 Å². The van der Waals surface area contributed by atoms with Gasteiger partial charge < -0.3 is 19.8 Å². The second-order valence-electron chi connectivity index (χ2n) is 5.61. The van der Waals surface area contributed by atoms with Crippen LogP contribution in [0.5, 0.6) is 5.75 Å². The van der Waals surface area contributed by atoms with Crippen molar-refractivity contribution >= 4 is 34.6 Å². The van der Waals surface area contributed by atoms with E-state index in [1.54, 1.807) is 37.5 Å². The number of fused-ring (bicyclic) bond motifs is 1. The number of halogens is 1. The van der Waals surface area contributed by atoms with E-state index in [9.17, 15) is 4.79 Å². The number of nitrogen functional groups attached to an aromatic ring is 1. The highest BCUT2D eigenvalue weighted by molar-refractivity contribution is 6.30. The van der Waals surface area contributed by atoms with E-state index in [0.717, 1.165) is 0 Å². The van der Waals surface area contributed by atoms with Gasteiger partial charge in [-0.25, -0.2) is 19.7 Å². The molecule has 2 N–H and O–H groups in total. The van der Waals surface area contributed by atoms with Gasteiger partial charge in [0.25, 0.3) is 0 Å². The predicted molar refractivity (Wildman–Crippen MR) is 96.9 cm³/mol. The highest BCUT2D eigenvalue weighted by atomic mass is 35.5. The molecule has 26 heavy (non-hydrogen) atoms. The quantitative estimate of drug-likeness (QED) is 0.499. The number of carbonyl (C=O) groups is 1. The summed E-state index contributed by atoms with van der Waals surface area (Å²) in [6.07, 6.45) is 2.91. The second kappa shape index (κ2) is 8.01. The summed E-state index contributed by atoms with van der Waals surface area (Å²) < 4.78 is 12.6. The average Bonchev–Trinajstić information content (AvgIpc) is 3.03. The molecule has 1 atom stereocenters. The van der Waals surface area contributed by atoms with Crippen LogP contribution in [0.2, 0.25) is 5.02 Å². The number of rotatable bonds is 7. The standard InChI is InChI=1S/C17H18ClN5O3/c1-11(26-13-5-2-4-12(18)8-13)17(24)25-7-3-6-23-10-22-14-15(19)20-9-21-16(14)23/h2,4-5,8-11H,3,6-7H2,1H3,(H2,19,20,21). The van der Waals surface area contributed by atoms with Crippen LogP contribution in [0.4, 0.5) is 5.82 Å². The normalized spacial score (nSPS) is 12.1. The number of aromatic nitrogens is 4. The van der Waals surface area contributed by atoms with Crippen molar-refractivity contribution in [2.24, 2.45) is 0 Å². The molecule has 0 saturated heterocycles. The largest absolute Gasteiger partial charge is 0.479 e. The molecule has 0 saturated carbocycles. The summed E-state index contributed by atoms with van der Waals surface area (Å²) in [4.78, 5) is 24.3. The van der Waals surface area contributed by atoms with Crippen LogP contribution < -0.4 is 10.5 Å². The number of carbonyl (C=O) groups excluding carboxylic acids is 1. The molecule has 3 rings (SSSR count). The van der Waals surface area contributed by atoms with Crippen LogP contribution in [0.3, 0.4) is 0 Å². The maximum absolute atomic E-state index is 12.0. The molecule has 0 fully saturated rings. The van der Waals surface area contributed by atoms with Gasteiger partial charge in [-0.05, 0) is 31.5 Å². The number of anilines is 1. The Morgan fingerprint density at radius 1 is 1.35 bits per heavy atom. The Labute approximate surface area is 154 Å². The van der Waals surface area contributed by atoms with Gasteiger partial charge in [-0.15, -0.1) is 0 Å². The minimum Gasteiger partial charge on any atom is -0.479 e. The maximum atomic E-state index is 12.0. The minimum absolute atomic E-state index is 0.252. The molecule has 3 aromatic rings. The van der Waals surface area contributed by atoms with Gasteiger partial charge in [-0.2, -0.15) is 0 Å². The fraction of sp³-hybridized carbons (Fsp3) is 0.294. The Kier molecular flexibility index (Phi) is 5.52. The molecule has 0 aliphatic carbocycles. The molecular formula is C17H18ClN5O3. The summed E-state index contributed by atoms with van der Waals surface area (Å²) in [5.74, 6) is 0.420. The molecule has 2 aromatic heterocycles. The summed E-state index contributed by atoms with van der Waals surface area (Å²) in [6.45, 7) is 2.47. The van der Waals surface area contributed by atoms with Crippen molar-refractivity contribution in [2.75, 3.05) is 12.3 Å². The SMILES string of the molecule is CC(Oc1cccc(Cl)c1)C(=O)OCCCn1cnc2c(N)ncnc21. The number of esters is 1. The first-order chi connectivity index (χ1) is 12.5. The van der Waals surface area contributed by atoms with Crippen molar-refractivity contribution < 1.29 is 14.3 Å². The predicted octanol–water partition coefficient (Wildman–Crippen LogP) is 2.46. The number of hydrogen-bond donors (Lipinski definition) is 1. The summed E-state index contributed by atoms with van der Waals surface area (Å²) in [6, 6.07) is 6.85. The molecule has 0 aliphatic heterocycles. The van der Waals surface area contributed by atoms with Gasteiger partial charge in [0.2, 0.25) is 0 Å². The first-order valence-electron chi connectivity index (χ1n) is 8.05. The van der Waals surface area contributed by atoms with E-state index in [-0.39, 0.29) is 6.61 Å². The fourth-order valence-electron chi connectivity index (χ4n) is 2.38. The van der Waals surface area contributed by atoms with Gasteiger partial charge in [0.05, 0.1) is 12.9 Å². The average molecular weight is 376 g/mol. The Hall–Kier alpha value is -2.87. The summed E-state index contributed by atoms with van der Waals surface area (Å²) in [7, 11) is 0. The van der Waals surface area contributed by atoms with Gasteiger partial charge in [0.15, 0.2) is 17.6 Å². The van der Waals surface area contributed by atoms with Crippen molar-refractivity contribution in [3.63, 3.8) is 0 Å². The summed E-state index contributed by atoms with van der Waals surface area (Å²) in [5, 5.41) is 0.542. The van der Waals surface area contributed by atoms with Crippen LogP contribution in [0.1, 0.15) is 13.3 Å². The molecule has 0 spiro atoms. The van der Waals surface area contributed by atoms with Crippen LogP contribution in [0.25, 0.3) is 11.2 Å². The number of ether oxygens (including phenoxy) is 2. The third-order valence-corrected chi connectivity index (χ3v) is 3.89. The van der Waals surface area contributed by atoms with Crippen LogP contribution in [0, 0.1) is 0 Å². The van der Waals surface area contributed by atoms with E-state index in [4.69, 9.17) is 26.8 Å². The van der Waals surface area contributed by atoms with E-state index in [1.807, 2.05) is 4.57 Å². The van der Waals surface area contributed by atoms with E-state index in [1.165, 1.54) is 6.33 Å². The smallest absolute Gasteiger partial charge is 0.347 e. The third kappa shape index (κ3) is 4.20. The molecule has 2 heterocycles. The molecule has 0 radical (unpaired) electrons. The van der Waals surface area contributed by atoms with Crippen molar-refractivity contribution in [3.05, 3.63) is 41.9 Å². The Morgan fingerprint density at radius 2 is 2.19 bits per heavy atom. The summed E-state index contributed by atoms with van der Waals surface area (Å²) >= 11 is 5.89. The van der Waals surface area contributed by atoms with Gasteiger partial charge in [0, 0.05) is 11.6 Å². The van der Waals surface area contributed by atoms with Gasteiger partial charge in [-0.1, -0.05) is 17.7 Å². The van der Waals surface area contributed by atoms with E-state index >= 15 is 0 Å². The second-order valence-corrected chi connectivity index (χ2v) is 6.04. The van der Waals surface area contributed by atoms with Crippen molar-refractivity contribution in [1.82, 2.24) is 19.5 Å².